The fraction of sp³-hybridized carbons (Fsp3) is 0.344. The maximum Gasteiger partial charge on any atom is 0.339 e. The monoisotopic (exact) mass is 546 g/mol. The number of rotatable bonds is 8. The zero-order chi connectivity index (χ0) is 28.4. The molecule has 0 radical (unpaired) electrons. The molecule has 0 amide bonds. The average molecular weight is 547 g/mol. The molecule has 5 atom stereocenters. The summed E-state index contributed by atoms with van der Waals surface area (Å²) in [5.74, 6) is 0.700. The van der Waals surface area contributed by atoms with Gasteiger partial charge in [0, 0.05) is 12.7 Å². The van der Waals surface area contributed by atoms with Gasteiger partial charge in [0.2, 0.25) is 6.29 Å². The van der Waals surface area contributed by atoms with Crippen molar-refractivity contribution in [2.45, 2.75) is 63.5 Å². The predicted octanol–water partition coefficient (Wildman–Crippen LogP) is 4.91. The minimum atomic E-state index is -1.36. The van der Waals surface area contributed by atoms with Crippen molar-refractivity contribution in [2.75, 3.05) is 7.11 Å². The quantitative estimate of drug-likeness (QED) is 0.300. The molecule has 1 saturated heterocycles. The maximum absolute atomic E-state index is 12.7. The summed E-state index contributed by atoms with van der Waals surface area (Å²) in [7, 11) is 1.47. The van der Waals surface area contributed by atoms with Gasteiger partial charge in [-0.15, -0.1) is 0 Å². The second kappa shape index (κ2) is 11.4. The van der Waals surface area contributed by atoms with E-state index in [2.05, 4.69) is 0 Å². The molecular formula is C32H34O8. The van der Waals surface area contributed by atoms with Crippen LogP contribution in [0.2, 0.25) is 0 Å². The van der Waals surface area contributed by atoms with Crippen LogP contribution in [0, 0.1) is 6.92 Å². The molecule has 3 aromatic carbocycles. The molecule has 2 heterocycles. The highest BCUT2D eigenvalue weighted by atomic mass is 16.7. The van der Waals surface area contributed by atoms with Gasteiger partial charge in [-0.1, -0.05) is 67.6 Å². The number of aliphatic hydroxyl groups excluding tert-OH is 2. The summed E-state index contributed by atoms with van der Waals surface area (Å²) < 4.78 is 29.7. The molecule has 40 heavy (non-hydrogen) atoms. The highest BCUT2D eigenvalue weighted by Gasteiger charge is 2.52. The SMILES string of the molecule is CCC1(C)OC(Oc2ccc3c(OC(c4ccccc4)c4ccccc4)cc(=O)oc3c2C)C(O)C(O)C1OC. The molecule has 210 valence electrons. The number of hydrogen-bond donors (Lipinski definition) is 2. The van der Waals surface area contributed by atoms with Gasteiger partial charge in [-0.25, -0.2) is 4.79 Å². The average Bonchev–Trinajstić information content (AvgIpc) is 2.97. The lowest BCUT2D eigenvalue weighted by Gasteiger charge is -2.47. The molecule has 1 aromatic heterocycles. The smallest absolute Gasteiger partial charge is 0.339 e. The van der Waals surface area contributed by atoms with Crippen molar-refractivity contribution < 1.29 is 33.6 Å². The highest BCUT2D eigenvalue weighted by Crippen LogP contribution is 2.39. The summed E-state index contributed by atoms with van der Waals surface area (Å²) in [5, 5.41) is 22.1. The number of hydrogen-bond acceptors (Lipinski definition) is 8. The molecule has 0 bridgehead atoms. The topological polar surface area (TPSA) is 108 Å². The third-order valence-corrected chi connectivity index (χ3v) is 7.65. The van der Waals surface area contributed by atoms with E-state index in [4.69, 9.17) is 23.4 Å². The van der Waals surface area contributed by atoms with E-state index in [1.54, 1.807) is 26.0 Å². The Morgan fingerprint density at radius 2 is 1.55 bits per heavy atom. The van der Waals surface area contributed by atoms with Crippen LogP contribution in [0.3, 0.4) is 0 Å². The molecule has 2 N–H and O–H groups in total. The molecule has 1 fully saturated rings. The highest BCUT2D eigenvalue weighted by molar-refractivity contribution is 5.87. The Morgan fingerprint density at radius 3 is 2.12 bits per heavy atom. The van der Waals surface area contributed by atoms with Crippen LogP contribution in [0.15, 0.2) is 88.1 Å². The van der Waals surface area contributed by atoms with Crippen LogP contribution in [-0.2, 0) is 9.47 Å². The number of benzene rings is 3. The van der Waals surface area contributed by atoms with E-state index in [0.717, 1.165) is 11.1 Å². The number of ether oxygens (including phenoxy) is 4. The summed E-state index contributed by atoms with van der Waals surface area (Å²) in [6.45, 7) is 5.46. The molecule has 0 aliphatic carbocycles. The largest absolute Gasteiger partial charge is 0.480 e. The third-order valence-electron chi connectivity index (χ3n) is 7.65. The van der Waals surface area contributed by atoms with Crippen LogP contribution < -0.4 is 15.1 Å². The fourth-order valence-electron chi connectivity index (χ4n) is 5.25. The van der Waals surface area contributed by atoms with E-state index in [1.807, 2.05) is 67.6 Å². The van der Waals surface area contributed by atoms with E-state index in [0.29, 0.717) is 34.5 Å². The molecule has 8 nitrogen and oxygen atoms in total. The van der Waals surface area contributed by atoms with E-state index >= 15 is 0 Å². The fourth-order valence-corrected chi connectivity index (χ4v) is 5.25. The van der Waals surface area contributed by atoms with Crippen molar-refractivity contribution in [3.63, 3.8) is 0 Å². The van der Waals surface area contributed by atoms with E-state index in [-0.39, 0.29) is 0 Å². The summed E-state index contributed by atoms with van der Waals surface area (Å²) in [5.41, 5.74) is 1.21. The van der Waals surface area contributed by atoms with Crippen LogP contribution in [0.5, 0.6) is 11.5 Å². The van der Waals surface area contributed by atoms with Gasteiger partial charge in [-0.05, 0) is 43.5 Å². The zero-order valence-electron chi connectivity index (χ0n) is 22.9. The van der Waals surface area contributed by atoms with Gasteiger partial charge in [-0.3, -0.25) is 0 Å². The maximum atomic E-state index is 12.7. The van der Waals surface area contributed by atoms with Crippen molar-refractivity contribution in [3.8, 4) is 11.5 Å². The second-order valence-electron chi connectivity index (χ2n) is 10.2. The summed E-state index contributed by atoms with van der Waals surface area (Å²) in [6, 6.07) is 24.3. The summed E-state index contributed by atoms with van der Waals surface area (Å²) >= 11 is 0. The molecule has 1 aliphatic rings. The normalized spacial score (nSPS) is 24.8. The van der Waals surface area contributed by atoms with Crippen molar-refractivity contribution in [1.82, 2.24) is 0 Å². The van der Waals surface area contributed by atoms with Gasteiger partial charge in [-0.2, -0.15) is 0 Å². The first-order valence-corrected chi connectivity index (χ1v) is 13.3. The Morgan fingerprint density at radius 1 is 0.925 bits per heavy atom. The summed E-state index contributed by atoms with van der Waals surface area (Å²) in [4.78, 5) is 12.7. The molecular weight excluding hydrogens is 512 g/mol. The first-order valence-electron chi connectivity index (χ1n) is 13.3. The van der Waals surface area contributed by atoms with Crippen molar-refractivity contribution in [2.24, 2.45) is 0 Å². The van der Waals surface area contributed by atoms with E-state index in [1.165, 1.54) is 13.2 Å². The number of fused-ring (bicyclic) bond motifs is 1. The summed E-state index contributed by atoms with van der Waals surface area (Å²) in [6.07, 6.45) is -4.43. The molecule has 0 saturated carbocycles. The standard InChI is InChI=1S/C32H34O8/c1-5-32(3)30(36-4)26(34)27(35)31(40-32)38-23-17-16-22-24(18-25(33)39-28(22)19(23)2)37-29(20-12-8-6-9-13-20)21-14-10-7-11-15-21/h6-18,26-27,29-31,34-35H,5H2,1-4H3. The Labute approximate surface area is 232 Å². The number of aliphatic hydroxyl groups is 2. The van der Waals surface area contributed by atoms with Crippen LogP contribution in [0.25, 0.3) is 11.0 Å². The first kappa shape index (κ1) is 27.9. The van der Waals surface area contributed by atoms with Crippen LogP contribution in [0.4, 0.5) is 0 Å². The van der Waals surface area contributed by atoms with Gasteiger partial charge in [0.25, 0.3) is 0 Å². The molecule has 5 rings (SSSR count). The first-order chi connectivity index (χ1) is 19.3. The third kappa shape index (κ3) is 5.23. The van der Waals surface area contributed by atoms with Crippen LogP contribution >= 0.6 is 0 Å². The number of methoxy groups -OCH3 is 1. The molecule has 0 spiro atoms. The van der Waals surface area contributed by atoms with E-state index in [9.17, 15) is 15.0 Å². The second-order valence-corrected chi connectivity index (χ2v) is 10.2. The Hall–Kier alpha value is -3.69. The predicted molar refractivity (Wildman–Crippen MR) is 150 cm³/mol. The Bertz CT molecular complexity index is 1460. The minimum absolute atomic E-state index is 0.291. The lowest BCUT2D eigenvalue weighted by Crippen LogP contribution is -2.64. The Kier molecular flexibility index (Phi) is 7.96. The molecule has 1 aliphatic heterocycles. The van der Waals surface area contributed by atoms with Gasteiger partial charge in [0.15, 0.2) is 0 Å². The minimum Gasteiger partial charge on any atom is -0.480 e. The van der Waals surface area contributed by atoms with Crippen LogP contribution in [-0.4, -0.2) is 47.5 Å². The van der Waals surface area contributed by atoms with Gasteiger partial charge in [0.1, 0.15) is 41.5 Å². The number of aryl methyl sites for hydroxylation is 1. The lowest BCUT2D eigenvalue weighted by molar-refractivity contribution is -0.311. The van der Waals surface area contributed by atoms with Gasteiger partial charge < -0.3 is 33.6 Å². The molecule has 8 heteroatoms. The van der Waals surface area contributed by atoms with Crippen molar-refractivity contribution >= 4 is 11.0 Å². The molecule has 4 aromatic rings. The lowest BCUT2D eigenvalue weighted by atomic mass is 9.86. The van der Waals surface area contributed by atoms with Gasteiger partial charge >= 0.3 is 5.63 Å². The van der Waals surface area contributed by atoms with Crippen LogP contribution in [0.1, 0.15) is 43.1 Å². The van der Waals surface area contributed by atoms with Crippen molar-refractivity contribution in [1.29, 1.82) is 0 Å². The van der Waals surface area contributed by atoms with Crippen molar-refractivity contribution in [3.05, 3.63) is 106 Å². The Balaban J connectivity index is 1.51. The molecule has 5 unspecified atom stereocenters. The van der Waals surface area contributed by atoms with Gasteiger partial charge in [0.05, 0.1) is 17.1 Å². The zero-order valence-corrected chi connectivity index (χ0v) is 22.9. The van der Waals surface area contributed by atoms with E-state index < -0.39 is 41.9 Å².